The number of hydrogen-bond donors (Lipinski definition) is 0. The highest BCUT2D eigenvalue weighted by atomic mass is 14.0. The van der Waals surface area contributed by atoms with Gasteiger partial charge in [0, 0.05) is 0 Å². The summed E-state index contributed by atoms with van der Waals surface area (Å²) >= 11 is 0. The SMILES string of the molecule is C=C(C#CC)C(C)C. The Morgan fingerprint density at radius 3 is 2.12 bits per heavy atom. The van der Waals surface area contributed by atoms with Crippen LogP contribution in [0.5, 0.6) is 0 Å². The summed E-state index contributed by atoms with van der Waals surface area (Å²) in [6, 6.07) is 0. The van der Waals surface area contributed by atoms with Gasteiger partial charge in [0.1, 0.15) is 0 Å². The topological polar surface area (TPSA) is 0 Å². The van der Waals surface area contributed by atoms with Gasteiger partial charge in [-0.15, -0.1) is 5.92 Å². The van der Waals surface area contributed by atoms with Gasteiger partial charge in [-0.3, -0.25) is 0 Å². The zero-order chi connectivity index (χ0) is 6.57. The fourth-order valence-electron chi connectivity index (χ4n) is 0.305. The van der Waals surface area contributed by atoms with Gasteiger partial charge in [0.15, 0.2) is 0 Å². The molecule has 0 heterocycles. The molecule has 0 aliphatic heterocycles. The van der Waals surface area contributed by atoms with Gasteiger partial charge in [-0.25, -0.2) is 0 Å². The molecule has 0 fully saturated rings. The molecular formula is C8H12. The predicted molar refractivity (Wildman–Crippen MR) is 37.4 cm³/mol. The fraction of sp³-hybridized carbons (Fsp3) is 0.500. The van der Waals surface area contributed by atoms with Crippen LogP contribution < -0.4 is 0 Å². The fourth-order valence-corrected chi connectivity index (χ4v) is 0.305. The number of allylic oxidation sites excluding steroid dienone is 1. The summed E-state index contributed by atoms with van der Waals surface area (Å²) in [5.41, 5.74) is 1.02. The zero-order valence-electron chi connectivity index (χ0n) is 5.78. The lowest BCUT2D eigenvalue weighted by Crippen LogP contribution is -1.86. The number of hydrogen-bond acceptors (Lipinski definition) is 0. The predicted octanol–water partition coefficient (Wildman–Crippen LogP) is 2.22. The first-order valence-electron chi connectivity index (χ1n) is 2.80. The molecule has 0 rings (SSSR count). The van der Waals surface area contributed by atoms with E-state index in [1.807, 2.05) is 6.92 Å². The second kappa shape index (κ2) is 3.32. The van der Waals surface area contributed by atoms with Crippen LogP contribution in [0, 0.1) is 17.8 Å². The molecule has 0 radical (unpaired) electrons. The highest BCUT2D eigenvalue weighted by molar-refractivity contribution is 5.25. The molecule has 0 atom stereocenters. The molecule has 0 nitrogen and oxygen atoms in total. The summed E-state index contributed by atoms with van der Waals surface area (Å²) in [5.74, 6) is 6.20. The van der Waals surface area contributed by atoms with Crippen LogP contribution in [-0.4, -0.2) is 0 Å². The Hall–Kier alpha value is -0.700. The maximum Gasteiger partial charge on any atom is -0.00234 e. The number of rotatable bonds is 1. The average molecular weight is 108 g/mol. The Balaban J connectivity index is 3.78. The van der Waals surface area contributed by atoms with E-state index in [1.165, 1.54) is 0 Å². The lowest BCUT2D eigenvalue weighted by Gasteiger charge is -1.97. The second-order valence-corrected chi connectivity index (χ2v) is 2.05. The van der Waals surface area contributed by atoms with Crippen molar-refractivity contribution in [3.8, 4) is 11.8 Å². The standard InChI is InChI=1S/C8H12/c1-5-6-8(4)7(2)3/h7H,4H2,1-3H3. The minimum atomic E-state index is 0.502. The van der Waals surface area contributed by atoms with Crippen molar-refractivity contribution in [3.05, 3.63) is 12.2 Å². The maximum absolute atomic E-state index is 3.77. The Kier molecular flexibility index (Phi) is 3.03. The Bertz CT molecular complexity index is 130. The summed E-state index contributed by atoms with van der Waals surface area (Å²) in [4.78, 5) is 0. The first-order valence-corrected chi connectivity index (χ1v) is 2.80. The van der Waals surface area contributed by atoms with Crippen molar-refractivity contribution in [1.29, 1.82) is 0 Å². The van der Waals surface area contributed by atoms with Gasteiger partial charge in [0.25, 0.3) is 0 Å². The smallest absolute Gasteiger partial charge is 0.00234 e. The van der Waals surface area contributed by atoms with Crippen LogP contribution in [-0.2, 0) is 0 Å². The van der Waals surface area contributed by atoms with E-state index in [9.17, 15) is 0 Å². The van der Waals surface area contributed by atoms with Gasteiger partial charge in [-0.2, -0.15) is 0 Å². The van der Waals surface area contributed by atoms with Gasteiger partial charge in [-0.1, -0.05) is 26.3 Å². The van der Waals surface area contributed by atoms with Gasteiger partial charge >= 0.3 is 0 Å². The van der Waals surface area contributed by atoms with E-state index in [-0.39, 0.29) is 0 Å². The molecule has 0 saturated heterocycles. The van der Waals surface area contributed by atoms with Crippen molar-refractivity contribution in [2.45, 2.75) is 20.8 Å². The van der Waals surface area contributed by atoms with E-state index in [2.05, 4.69) is 32.3 Å². The Morgan fingerprint density at radius 1 is 1.50 bits per heavy atom. The van der Waals surface area contributed by atoms with Crippen molar-refractivity contribution in [3.63, 3.8) is 0 Å². The largest absolute Gasteiger partial charge is 0.102 e. The van der Waals surface area contributed by atoms with Gasteiger partial charge in [0.2, 0.25) is 0 Å². The molecule has 0 spiro atoms. The third kappa shape index (κ3) is 2.47. The summed E-state index contributed by atoms with van der Waals surface area (Å²) in [6.45, 7) is 9.78. The molecular weight excluding hydrogens is 96.1 g/mol. The van der Waals surface area contributed by atoms with E-state index in [0.717, 1.165) is 5.57 Å². The molecule has 0 aromatic carbocycles. The lowest BCUT2D eigenvalue weighted by molar-refractivity contribution is 0.802. The molecule has 0 bridgehead atoms. The third-order valence-electron chi connectivity index (χ3n) is 0.982. The first-order chi connectivity index (χ1) is 3.68. The van der Waals surface area contributed by atoms with E-state index in [1.54, 1.807) is 0 Å². The molecule has 0 aliphatic carbocycles. The minimum absolute atomic E-state index is 0.502. The summed E-state index contributed by atoms with van der Waals surface area (Å²) in [5, 5.41) is 0. The highest BCUT2D eigenvalue weighted by Gasteiger charge is 1.92. The van der Waals surface area contributed by atoms with Crippen LogP contribution in [0.4, 0.5) is 0 Å². The molecule has 0 aromatic rings. The third-order valence-corrected chi connectivity index (χ3v) is 0.982. The van der Waals surface area contributed by atoms with Crippen molar-refractivity contribution < 1.29 is 0 Å². The van der Waals surface area contributed by atoms with Gasteiger partial charge < -0.3 is 0 Å². The molecule has 0 amide bonds. The Morgan fingerprint density at radius 2 is 2.00 bits per heavy atom. The van der Waals surface area contributed by atoms with Crippen molar-refractivity contribution >= 4 is 0 Å². The van der Waals surface area contributed by atoms with Crippen molar-refractivity contribution in [2.75, 3.05) is 0 Å². The molecule has 0 N–H and O–H groups in total. The van der Waals surface area contributed by atoms with Gasteiger partial charge in [-0.05, 0) is 18.4 Å². The van der Waals surface area contributed by atoms with Crippen LogP contribution in [0.2, 0.25) is 0 Å². The van der Waals surface area contributed by atoms with E-state index in [0.29, 0.717) is 5.92 Å². The molecule has 8 heavy (non-hydrogen) atoms. The zero-order valence-corrected chi connectivity index (χ0v) is 5.78. The van der Waals surface area contributed by atoms with Crippen molar-refractivity contribution in [2.24, 2.45) is 5.92 Å². The summed E-state index contributed by atoms with van der Waals surface area (Å²) < 4.78 is 0. The molecule has 0 saturated carbocycles. The molecule has 0 unspecified atom stereocenters. The Labute approximate surface area is 51.6 Å². The normalized spacial score (nSPS) is 8.00. The second-order valence-electron chi connectivity index (χ2n) is 2.05. The molecule has 0 aliphatic rings. The average Bonchev–Trinajstić information content (AvgIpc) is 1.67. The summed E-state index contributed by atoms with van der Waals surface area (Å²) in [6.07, 6.45) is 0. The monoisotopic (exact) mass is 108 g/mol. The van der Waals surface area contributed by atoms with E-state index < -0.39 is 0 Å². The van der Waals surface area contributed by atoms with Crippen molar-refractivity contribution in [1.82, 2.24) is 0 Å². The molecule has 44 valence electrons. The molecule has 0 heteroatoms. The van der Waals surface area contributed by atoms with Crippen LogP contribution in [0.15, 0.2) is 12.2 Å². The minimum Gasteiger partial charge on any atom is -0.102 e. The van der Waals surface area contributed by atoms with E-state index in [4.69, 9.17) is 0 Å². The van der Waals surface area contributed by atoms with Crippen LogP contribution in [0.1, 0.15) is 20.8 Å². The van der Waals surface area contributed by atoms with Gasteiger partial charge in [0.05, 0.1) is 0 Å². The lowest BCUT2D eigenvalue weighted by atomic mass is 10.1. The summed E-state index contributed by atoms with van der Waals surface area (Å²) in [7, 11) is 0. The van der Waals surface area contributed by atoms with Crippen LogP contribution in [0.25, 0.3) is 0 Å². The van der Waals surface area contributed by atoms with Crippen LogP contribution >= 0.6 is 0 Å². The quantitative estimate of drug-likeness (QED) is 0.452. The van der Waals surface area contributed by atoms with E-state index >= 15 is 0 Å². The molecule has 0 aromatic heterocycles. The first kappa shape index (κ1) is 7.30. The van der Waals surface area contributed by atoms with Crippen LogP contribution in [0.3, 0.4) is 0 Å². The maximum atomic E-state index is 3.77. The highest BCUT2D eigenvalue weighted by Crippen LogP contribution is 2.03.